The summed E-state index contributed by atoms with van der Waals surface area (Å²) in [6, 6.07) is 6.57. The van der Waals surface area contributed by atoms with E-state index in [1.807, 2.05) is 17.0 Å². The van der Waals surface area contributed by atoms with Gasteiger partial charge in [-0.3, -0.25) is 4.90 Å². The predicted molar refractivity (Wildman–Crippen MR) is 132 cm³/mol. The first-order chi connectivity index (χ1) is 16.5. The third-order valence-electron chi connectivity index (χ3n) is 8.00. The monoisotopic (exact) mass is 484 g/mol. The molecule has 0 spiro atoms. The molecule has 1 N–H and O–H groups in total. The number of piperidine rings is 1. The van der Waals surface area contributed by atoms with Crippen LogP contribution in [-0.4, -0.2) is 71.3 Å². The van der Waals surface area contributed by atoms with E-state index >= 15 is 0 Å². The van der Waals surface area contributed by atoms with Crippen LogP contribution in [0, 0.1) is 0 Å². The van der Waals surface area contributed by atoms with Gasteiger partial charge in [0.25, 0.3) is 0 Å². The van der Waals surface area contributed by atoms with E-state index < -0.39 is 0 Å². The molecule has 8 nitrogen and oxygen atoms in total. The number of hydrogen-bond acceptors (Lipinski definition) is 6. The molecule has 6 rings (SSSR count). The average molecular weight is 485 g/mol. The molecule has 4 aliphatic rings. The molecule has 0 atom stereocenters. The van der Waals surface area contributed by atoms with Crippen LogP contribution in [-0.2, 0) is 5.41 Å². The van der Waals surface area contributed by atoms with Crippen molar-refractivity contribution in [3.05, 3.63) is 34.9 Å². The number of para-hydroxylation sites is 1. The van der Waals surface area contributed by atoms with Crippen LogP contribution >= 0.6 is 11.6 Å². The second kappa shape index (κ2) is 8.72. The van der Waals surface area contributed by atoms with E-state index in [9.17, 15) is 4.79 Å². The van der Waals surface area contributed by atoms with Crippen LogP contribution in [0.1, 0.15) is 63.1 Å². The summed E-state index contributed by atoms with van der Waals surface area (Å²) in [6.45, 7) is 7.51. The summed E-state index contributed by atoms with van der Waals surface area (Å²) in [5.74, 6) is 2.02. The number of rotatable bonds is 5. The van der Waals surface area contributed by atoms with Crippen LogP contribution in [0.25, 0.3) is 0 Å². The molecular formula is C25H33ClN6O2. The van der Waals surface area contributed by atoms with Gasteiger partial charge in [0, 0.05) is 56.6 Å². The summed E-state index contributed by atoms with van der Waals surface area (Å²) < 4.78 is 5.49. The van der Waals surface area contributed by atoms with Gasteiger partial charge in [0.1, 0.15) is 0 Å². The molecule has 2 saturated heterocycles. The maximum Gasteiger partial charge on any atom is 0.321 e. The van der Waals surface area contributed by atoms with Crippen molar-refractivity contribution in [1.82, 2.24) is 19.9 Å². The van der Waals surface area contributed by atoms with Gasteiger partial charge in [-0.25, -0.2) is 4.79 Å². The molecule has 34 heavy (non-hydrogen) atoms. The summed E-state index contributed by atoms with van der Waals surface area (Å²) in [5.41, 5.74) is 1.57. The maximum atomic E-state index is 13.2. The fourth-order valence-corrected chi connectivity index (χ4v) is 5.47. The Morgan fingerprint density at radius 3 is 2.50 bits per heavy atom. The zero-order valence-corrected chi connectivity index (χ0v) is 20.6. The highest BCUT2D eigenvalue weighted by Crippen LogP contribution is 2.41. The second-order valence-corrected chi connectivity index (χ2v) is 11.0. The Morgan fingerprint density at radius 1 is 1.09 bits per heavy atom. The van der Waals surface area contributed by atoms with Crippen molar-refractivity contribution in [2.45, 2.75) is 62.8 Å². The molecular weight excluding hydrogens is 452 g/mol. The Balaban J connectivity index is 1.10. The van der Waals surface area contributed by atoms with Crippen molar-refractivity contribution in [3.8, 4) is 0 Å². The topological polar surface area (TPSA) is 77.7 Å². The number of likely N-dealkylation sites (tertiary alicyclic amines) is 1. The van der Waals surface area contributed by atoms with Crippen LogP contribution < -0.4 is 10.2 Å². The fraction of sp³-hybridized carbons (Fsp3) is 0.640. The summed E-state index contributed by atoms with van der Waals surface area (Å²) in [7, 11) is 0. The van der Waals surface area contributed by atoms with Crippen LogP contribution in [0.4, 0.5) is 16.2 Å². The SMILES string of the molecule is CC1(c2noc(C3CC3)n2)CCN(C(=O)Nc2c(Cl)cccc2N2CCN(C3CC3)CC2)CC1. The highest BCUT2D eigenvalue weighted by molar-refractivity contribution is 6.34. The number of aromatic nitrogens is 2. The van der Waals surface area contributed by atoms with Gasteiger partial charge in [-0.2, -0.15) is 4.98 Å². The molecule has 2 aliphatic heterocycles. The van der Waals surface area contributed by atoms with Crippen LogP contribution in [0.3, 0.4) is 0 Å². The molecule has 2 aliphatic carbocycles. The van der Waals surface area contributed by atoms with Gasteiger partial charge >= 0.3 is 6.03 Å². The lowest BCUT2D eigenvalue weighted by atomic mass is 9.80. The first-order valence-corrected chi connectivity index (χ1v) is 13.1. The molecule has 3 heterocycles. The normalized spacial score (nSPS) is 23.2. The van der Waals surface area contributed by atoms with Crippen molar-refractivity contribution in [3.63, 3.8) is 0 Å². The highest BCUT2D eigenvalue weighted by atomic mass is 35.5. The number of halogens is 1. The standard InChI is InChI=1S/C25H33ClN6O2/c1-25(23-28-22(34-29-23)17-5-6-17)9-11-32(12-10-25)24(33)27-21-19(26)3-2-4-20(21)31-15-13-30(14-16-31)18-7-8-18/h2-4,17-18H,5-16H2,1H3,(H,27,33). The number of nitrogens with zero attached hydrogens (tertiary/aromatic N) is 5. The van der Waals surface area contributed by atoms with E-state index in [1.165, 1.54) is 12.8 Å². The highest BCUT2D eigenvalue weighted by Gasteiger charge is 2.39. The first-order valence-electron chi connectivity index (χ1n) is 12.7. The van der Waals surface area contributed by atoms with Crippen LogP contribution in [0.2, 0.25) is 5.02 Å². The molecule has 2 aromatic rings. The molecule has 4 fully saturated rings. The number of anilines is 2. The Labute approximate surface area is 205 Å². The minimum atomic E-state index is -0.162. The van der Waals surface area contributed by atoms with Crippen molar-refractivity contribution >= 4 is 29.0 Å². The number of carbonyl (C=O) groups excluding carboxylic acids is 1. The van der Waals surface area contributed by atoms with Crippen molar-refractivity contribution in [1.29, 1.82) is 0 Å². The molecule has 1 aromatic carbocycles. The Kier molecular flexibility index (Phi) is 5.68. The van der Waals surface area contributed by atoms with Gasteiger partial charge < -0.3 is 19.6 Å². The Morgan fingerprint density at radius 2 is 1.82 bits per heavy atom. The smallest absolute Gasteiger partial charge is 0.321 e. The number of carbonyl (C=O) groups is 1. The zero-order valence-electron chi connectivity index (χ0n) is 19.8. The van der Waals surface area contributed by atoms with E-state index in [-0.39, 0.29) is 11.4 Å². The number of benzene rings is 1. The Bertz CT molecular complexity index is 1050. The van der Waals surface area contributed by atoms with Gasteiger partial charge in [-0.1, -0.05) is 29.7 Å². The van der Waals surface area contributed by atoms with E-state index in [0.717, 1.165) is 81.0 Å². The Hall–Kier alpha value is -2.32. The number of urea groups is 1. The molecule has 2 amide bonds. The lowest BCUT2D eigenvalue weighted by molar-refractivity contribution is 0.169. The van der Waals surface area contributed by atoms with Gasteiger partial charge in [0.15, 0.2) is 5.82 Å². The van der Waals surface area contributed by atoms with Crippen LogP contribution in [0.5, 0.6) is 0 Å². The van der Waals surface area contributed by atoms with Gasteiger partial charge in [0.2, 0.25) is 5.89 Å². The molecule has 0 unspecified atom stereocenters. The number of piperazine rings is 1. The fourth-order valence-electron chi connectivity index (χ4n) is 5.26. The summed E-state index contributed by atoms with van der Waals surface area (Å²) >= 11 is 6.58. The quantitative estimate of drug-likeness (QED) is 0.674. The van der Waals surface area contributed by atoms with E-state index in [1.54, 1.807) is 0 Å². The molecule has 1 aromatic heterocycles. The van der Waals surface area contributed by atoms with E-state index in [4.69, 9.17) is 16.1 Å². The van der Waals surface area contributed by atoms with Crippen LogP contribution in [0.15, 0.2) is 22.7 Å². The average Bonchev–Trinajstić information content (AvgIpc) is 3.79. The maximum absolute atomic E-state index is 13.2. The predicted octanol–water partition coefficient (Wildman–Crippen LogP) is 4.47. The third-order valence-corrected chi connectivity index (χ3v) is 8.32. The zero-order chi connectivity index (χ0) is 23.3. The molecule has 0 bridgehead atoms. The summed E-state index contributed by atoms with van der Waals surface area (Å²) in [5, 5.41) is 7.99. The molecule has 0 radical (unpaired) electrons. The summed E-state index contributed by atoms with van der Waals surface area (Å²) in [6.07, 6.45) is 6.58. The molecule has 182 valence electrons. The van der Waals surface area contributed by atoms with Gasteiger partial charge in [-0.15, -0.1) is 0 Å². The van der Waals surface area contributed by atoms with Crippen molar-refractivity contribution in [2.75, 3.05) is 49.5 Å². The minimum absolute atomic E-state index is 0.0974. The van der Waals surface area contributed by atoms with Gasteiger partial charge in [0.05, 0.1) is 16.4 Å². The summed E-state index contributed by atoms with van der Waals surface area (Å²) in [4.78, 5) is 24.7. The largest absolute Gasteiger partial charge is 0.367 e. The van der Waals surface area contributed by atoms with Crippen molar-refractivity contribution in [2.24, 2.45) is 0 Å². The van der Waals surface area contributed by atoms with E-state index in [2.05, 4.69) is 38.2 Å². The number of amides is 2. The third kappa shape index (κ3) is 4.38. The molecule has 2 saturated carbocycles. The number of hydrogen-bond donors (Lipinski definition) is 1. The number of nitrogens with one attached hydrogen (secondary N) is 1. The molecule has 9 heteroatoms. The van der Waals surface area contributed by atoms with E-state index in [0.29, 0.717) is 24.0 Å². The minimum Gasteiger partial charge on any atom is -0.367 e. The lowest BCUT2D eigenvalue weighted by Gasteiger charge is -2.38. The van der Waals surface area contributed by atoms with Gasteiger partial charge in [-0.05, 0) is 50.7 Å². The van der Waals surface area contributed by atoms with Crippen molar-refractivity contribution < 1.29 is 9.32 Å². The first kappa shape index (κ1) is 22.2. The lowest BCUT2D eigenvalue weighted by Crippen LogP contribution is -2.48. The second-order valence-electron chi connectivity index (χ2n) is 10.6.